The van der Waals surface area contributed by atoms with E-state index < -0.39 is 18.2 Å². The number of nitrogens with zero attached hydrogens (tertiary/aromatic N) is 3. The van der Waals surface area contributed by atoms with Crippen LogP contribution in [0.5, 0.6) is 0 Å². The highest BCUT2D eigenvalue weighted by Gasteiger charge is 2.34. The monoisotopic (exact) mass is 409 g/mol. The maximum atomic E-state index is 15.7. The van der Waals surface area contributed by atoms with Gasteiger partial charge in [-0.05, 0) is 19.9 Å². The Labute approximate surface area is 167 Å². The topological polar surface area (TPSA) is 86.5 Å². The Morgan fingerprint density at radius 1 is 1.24 bits per heavy atom. The summed E-state index contributed by atoms with van der Waals surface area (Å²) in [6, 6.07) is 1.70. The van der Waals surface area contributed by atoms with Gasteiger partial charge in [-0.3, -0.25) is 4.90 Å². The lowest BCUT2D eigenvalue weighted by molar-refractivity contribution is -0.105. The van der Waals surface area contributed by atoms with Crippen LogP contribution in [0.15, 0.2) is 10.6 Å². The van der Waals surface area contributed by atoms with Crippen LogP contribution < -0.4 is 9.80 Å². The van der Waals surface area contributed by atoms with Crippen molar-refractivity contribution in [3.8, 4) is 0 Å². The Morgan fingerprint density at radius 3 is 2.52 bits per heavy atom. The second-order valence-corrected chi connectivity index (χ2v) is 7.24. The number of ether oxygens (including phenoxy) is 4. The molecule has 1 aromatic heterocycles. The molecule has 3 heterocycles. The number of hydrogen-bond acceptors (Lipinski definition) is 8. The third-order valence-electron chi connectivity index (χ3n) is 5.12. The molecule has 29 heavy (non-hydrogen) atoms. The van der Waals surface area contributed by atoms with E-state index in [0.29, 0.717) is 36.3 Å². The largest absolute Gasteiger partial charge is 0.447 e. The molecular formula is C19H24FN3O6. The molecule has 9 nitrogen and oxygen atoms in total. The van der Waals surface area contributed by atoms with E-state index in [1.807, 2.05) is 18.7 Å². The van der Waals surface area contributed by atoms with Crippen molar-refractivity contribution in [1.82, 2.24) is 5.16 Å². The predicted molar refractivity (Wildman–Crippen MR) is 102 cm³/mol. The maximum absolute atomic E-state index is 15.7. The van der Waals surface area contributed by atoms with Crippen LogP contribution >= 0.6 is 0 Å². The van der Waals surface area contributed by atoms with Gasteiger partial charge in [-0.1, -0.05) is 5.16 Å². The summed E-state index contributed by atoms with van der Waals surface area (Å²) in [6.45, 7) is 5.43. The summed E-state index contributed by atoms with van der Waals surface area (Å²) in [5.41, 5.74) is 0.773. The minimum absolute atomic E-state index is 0.0313. The van der Waals surface area contributed by atoms with E-state index in [2.05, 4.69) is 5.16 Å². The molecule has 0 N–H and O–H groups in total. The molecule has 0 spiro atoms. The summed E-state index contributed by atoms with van der Waals surface area (Å²) >= 11 is 0. The summed E-state index contributed by atoms with van der Waals surface area (Å²) in [4.78, 5) is 15.2. The molecule has 0 saturated carbocycles. The van der Waals surface area contributed by atoms with Gasteiger partial charge in [-0.15, -0.1) is 0 Å². The van der Waals surface area contributed by atoms with Gasteiger partial charge in [0.2, 0.25) is 5.58 Å². The van der Waals surface area contributed by atoms with Crippen molar-refractivity contribution in [3.63, 3.8) is 0 Å². The number of rotatable bonds is 5. The second kappa shape index (κ2) is 7.77. The Kier molecular flexibility index (Phi) is 5.32. The molecule has 2 fully saturated rings. The summed E-state index contributed by atoms with van der Waals surface area (Å²) in [5.74, 6) is -0.368. The minimum atomic E-state index is -0.814. The lowest BCUT2D eigenvalue weighted by atomic mass is 10.0. The number of fused-ring (bicyclic) bond motifs is 1. The van der Waals surface area contributed by atoms with Crippen LogP contribution in [0.4, 0.5) is 20.7 Å². The lowest BCUT2D eigenvalue weighted by Gasteiger charge is -2.38. The zero-order chi connectivity index (χ0) is 20.7. The summed E-state index contributed by atoms with van der Waals surface area (Å²) < 4.78 is 42.7. The molecule has 2 aliphatic rings. The number of benzene rings is 1. The number of amides is 1. The fourth-order valence-electron chi connectivity index (χ4n) is 4.03. The second-order valence-electron chi connectivity index (χ2n) is 7.24. The van der Waals surface area contributed by atoms with Gasteiger partial charge in [0.15, 0.2) is 17.9 Å². The van der Waals surface area contributed by atoms with Crippen LogP contribution in [0.2, 0.25) is 0 Å². The molecule has 2 atom stereocenters. The summed E-state index contributed by atoms with van der Waals surface area (Å²) in [5, 5.41) is 4.30. The molecule has 4 rings (SSSR count). The van der Waals surface area contributed by atoms with Crippen molar-refractivity contribution in [1.29, 1.82) is 0 Å². The van der Waals surface area contributed by atoms with Gasteiger partial charge in [-0.25, -0.2) is 9.18 Å². The maximum Gasteiger partial charge on any atom is 0.415 e. The van der Waals surface area contributed by atoms with Gasteiger partial charge in [0.25, 0.3) is 0 Å². The van der Waals surface area contributed by atoms with Crippen molar-refractivity contribution in [3.05, 3.63) is 17.4 Å². The number of hydrogen-bond donors (Lipinski definition) is 0. The number of carbonyl (C=O) groups is 1. The van der Waals surface area contributed by atoms with Crippen molar-refractivity contribution >= 4 is 28.6 Å². The number of anilines is 2. The Bertz CT molecular complexity index is 905. The van der Waals surface area contributed by atoms with Gasteiger partial charge in [0.05, 0.1) is 29.8 Å². The Balaban J connectivity index is 1.89. The number of morpholine rings is 1. The van der Waals surface area contributed by atoms with Gasteiger partial charge in [0, 0.05) is 32.9 Å². The Morgan fingerprint density at radius 2 is 1.93 bits per heavy atom. The number of aromatic nitrogens is 1. The fourth-order valence-corrected chi connectivity index (χ4v) is 4.03. The third kappa shape index (κ3) is 3.41. The highest BCUT2D eigenvalue weighted by atomic mass is 19.1. The summed E-state index contributed by atoms with van der Waals surface area (Å²) in [7, 11) is 2.97. The molecule has 2 saturated heterocycles. The van der Waals surface area contributed by atoms with Crippen LogP contribution in [-0.2, 0) is 18.9 Å². The van der Waals surface area contributed by atoms with Crippen molar-refractivity contribution < 1.29 is 32.7 Å². The molecule has 0 bridgehead atoms. The molecule has 0 unspecified atom stereocenters. The standard InChI is InChI=1S/C19H24FN3O6/c1-10-8-22(9-11(2)28-10)15-12(18(25-3)26-4)7-13-16(14(15)20)29-21-17(13)23-5-6-27-19(23)24/h7,10-11,18H,5-6,8-9H2,1-4H3/t10-,11-/m1/s1. The van der Waals surface area contributed by atoms with Crippen LogP contribution in [-0.4, -0.2) is 63.9 Å². The third-order valence-corrected chi connectivity index (χ3v) is 5.12. The first-order chi connectivity index (χ1) is 13.9. The zero-order valence-electron chi connectivity index (χ0n) is 16.8. The molecule has 2 aromatic rings. The zero-order valence-corrected chi connectivity index (χ0v) is 16.8. The van der Waals surface area contributed by atoms with E-state index in [9.17, 15) is 4.79 Å². The summed E-state index contributed by atoms with van der Waals surface area (Å²) in [6.07, 6.45) is -1.51. The van der Waals surface area contributed by atoms with Crippen LogP contribution in [0.3, 0.4) is 0 Å². The number of methoxy groups -OCH3 is 2. The lowest BCUT2D eigenvalue weighted by Crippen LogP contribution is -2.46. The Hall–Kier alpha value is -2.43. The predicted octanol–water partition coefficient (Wildman–Crippen LogP) is 2.83. The number of carbonyl (C=O) groups excluding carboxylic acids is 1. The van der Waals surface area contributed by atoms with E-state index in [1.54, 1.807) is 6.07 Å². The van der Waals surface area contributed by atoms with Gasteiger partial charge < -0.3 is 28.4 Å². The fraction of sp³-hybridized carbons (Fsp3) is 0.579. The average molecular weight is 409 g/mol. The molecule has 1 aromatic carbocycles. The molecule has 158 valence electrons. The first kappa shape index (κ1) is 19.9. The van der Waals surface area contributed by atoms with E-state index in [1.165, 1.54) is 19.1 Å². The first-order valence-corrected chi connectivity index (χ1v) is 9.46. The highest BCUT2D eigenvalue weighted by Crippen LogP contribution is 2.41. The van der Waals surface area contributed by atoms with E-state index in [4.69, 9.17) is 23.5 Å². The molecule has 0 radical (unpaired) electrons. The van der Waals surface area contributed by atoms with Gasteiger partial charge in [0.1, 0.15) is 6.61 Å². The molecule has 2 aliphatic heterocycles. The van der Waals surface area contributed by atoms with Gasteiger partial charge in [-0.2, -0.15) is 0 Å². The SMILES string of the molecule is COC(OC)c1cc2c(N3CCOC3=O)noc2c(F)c1N1C[C@@H](C)O[C@H](C)C1. The molecule has 10 heteroatoms. The smallest absolute Gasteiger partial charge is 0.415 e. The normalized spacial score (nSPS) is 22.8. The quantitative estimate of drug-likeness (QED) is 0.697. The molecular weight excluding hydrogens is 385 g/mol. The number of halogens is 1. The molecule has 1 amide bonds. The van der Waals surface area contributed by atoms with E-state index in [0.717, 1.165) is 0 Å². The van der Waals surface area contributed by atoms with E-state index >= 15 is 4.39 Å². The first-order valence-electron chi connectivity index (χ1n) is 9.46. The van der Waals surface area contributed by atoms with Crippen molar-refractivity contribution in [2.75, 3.05) is 50.3 Å². The van der Waals surface area contributed by atoms with E-state index in [-0.39, 0.29) is 30.2 Å². The highest BCUT2D eigenvalue weighted by molar-refractivity contribution is 6.00. The van der Waals surface area contributed by atoms with Crippen molar-refractivity contribution in [2.45, 2.75) is 32.3 Å². The van der Waals surface area contributed by atoms with Gasteiger partial charge >= 0.3 is 6.09 Å². The van der Waals surface area contributed by atoms with Crippen LogP contribution in [0.1, 0.15) is 25.7 Å². The molecule has 0 aliphatic carbocycles. The number of cyclic esters (lactones) is 1. The van der Waals surface area contributed by atoms with Crippen LogP contribution in [0, 0.1) is 5.82 Å². The van der Waals surface area contributed by atoms with Crippen LogP contribution in [0.25, 0.3) is 11.0 Å². The average Bonchev–Trinajstić information content (AvgIpc) is 3.28. The van der Waals surface area contributed by atoms with Crippen molar-refractivity contribution in [2.24, 2.45) is 0 Å². The minimum Gasteiger partial charge on any atom is -0.447 e.